The molecule has 17 nitrogen and oxygen atoms in total. The first-order valence-corrected chi connectivity index (χ1v) is 44.7. The summed E-state index contributed by atoms with van der Waals surface area (Å²) >= 11 is 0. The molecule has 0 heterocycles. The zero-order valence-corrected chi connectivity index (χ0v) is 67.6. The number of hydrogen-bond donors (Lipinski definition) is 3. The highest BCUT2D eigenvalue weighted by atomic mass is 31.2. The Kier molecular flexibility index (Phi) is 68.7. The molecule has 0 aliphatic heterocycles. The number of phosphoric acid groups is 2. The van der Waals surface area contributed by atoms with Gasteiger partial charge in [-0.1, -0.05) is 364 Å². The lowest BCUT2D eigenvalue weighted by atomic mass is 10.0. The predicted molar refractivity (Wildman–Crippen MR) is 409 cm³/mol. The Morgan fingerprint density at radius 1 is 0.250 bits per heavy atom. The molecule has 19 heteroatoms. The van der Waals surface area contributed by atoms with Gasteiger partial charge in [-0.2, -0.15) is 0 Å². The zero-order valence-electron chi connectivity index (χ0n) is 65.8. The molecule has 3 N–H and O–H groups in total. The number of carbonyl (C=O) groups is 4. The fourth-order valence-corrected chi connectivity index (χ4v) is 14.0. The zero-order chi connectivity index (χ0) is 73.8. The van der Waals surface area contributed by atoms with Gasteiger partial charge in [-0.05, 0) is 49.4 Å². The molecule has 100 heavy (non-hydrogen) atoms. The van der Waals surface area contributed by atoms with Crippen LogP contribution in [0.15, 0.2) is 0 Å². The lowest BCUT2D eigenvalue weighted by molar-refractivity contribution is -0.161. The molecule has 0 rings (SSSR count). The molecule has 0 bridgehead atoms. The monoisotopic (exact) mass is 1470 g/mol. The summed E-state index contributed by atoms with van der Waals surface area (Å²) in [6, 6.07) is 0. The molecule has 0 aromatic carbocycles. The van der Waals surface area contributed by atoms with Crippen molar-refractivity contribution in [2.24, 2.45) is 23.7 Å². The quantitative estimate of drug-likeness (QED) is 0.0222. The molecule has 0 aromatic heterocycles. The van der Waals surface area contributed by atoms with Crippen molar-refractivity contribution in [3.05, 3.63) is 0 Å². The maximum absolute atomic E-state index is 13.1. The van der Waals surface area contributed by atoms with Crippen molar-refractivity contribution >= 4 is 39.5 Å². The van der Waals surface area contributed by atoms with Gasteiger partial charge in [0, 0.05) is 25.7 Å². The van der Waals surface area contributed by atoms with E-state index in [-0.39, 0.29) is 25.7 Å². The highest BCUT2D eigenvalue weighted by Crippen LogP contribution is 2.45. The number of esters is 4. The van der Waals surface area contributed by atoms with E-state index >= 15 is 0 Å². The molecule has 0 aliphatic carbocycles. The first kappa shape index (κ1) is 98.1. The second-order valence-electron chi connectivity index (χ2n) is 31.1. The van der Waals surface area contributed by atoms with Gasteiger partial charge < -0.3 is 33.8 Å². The number of ether oxygens (including phenoxy) is 4. The maximum Gasteiger partial charge on any atom is 0.472 e. The van der Waals surface area contributed by atoms with Gasteiger partial charge in [0.1, 0.15) is 19.3 Å². The van der Waals surface area contributed by atoms with Crippen LogP contribution in [-0.4, -0.2) is 96.7 Å². The summed E-state index contributed by atoms with van der Waals surface area (Å²) in [5.74, 6) is 0.942. The molecule has 0 amide bonds. The van der Waals surface area contributed by atoms with E-state index in [1.165, 1.54) is 212 Å². The lowest BCUT2D eigenvalue weighted by Gasteiger charge is -2.21. The molecule has 0 spiro atoms. The summed E-state index contributed by atoms with van der Waals surface area (Å²) < 4.78 is 68.7. The summed E-state index contributed by atoms with van der Waals surface area (Å²) in [6.45, 7) is 14.2. The lowest BCUT2D eigenvalue weighted by Crippen LogP contribution is -2.30. The molecule has 0 aliphatic rings. The minimum atomic E-state index is -4.96. The van der Waals surface area contributed by atoms with Gasteiger partial charge in [-0.3, -0.25) is 37.3 Å². The molecule has 0 fully saturated rings. The third-order valence-corrected chi connectivity index (χ3v) is 20.7. The highest BCUT2D eigenvalue weighted by Gasteiger charge is 2.30. The van der Waals surface area contributed by atoms with Gasteiger partial charge in [0.25, 0.3) is 0 Å². The number of rotatable bonds is 78. The topological polar surface area (TPSA) is 237 Å². The number of aliphatic hydroxyl groups is 1. The standard InChI is InChI=1S/C81H158O17P2/c1-71(2)57-49-41-33-27-21-15-13-11-9-10-12-14-16-25-31-37-47-55-63-81(86)98-77(68-92-79(84)62-54-46-40-39-44-52-60-74(7)8)70-96-100(89,90)94-66-75(82)65-93-99(87,88)95-69-76(97-80(85)64-56-48-38-32-26-20-18-23-29-35-43-51-59-73(5)6)67-91-78(83)61-53-45-36-30-24-19-17-22-28-34-42-50-58-72(3)4/h71-77,82H,9-70H2,1-8H3,(H,87,88)(H,89,90)/t75?,76-,77-/m1/s1. The van der Waals surface area contributed by atoms with Crippen LogP contribution in [0.3, 0.4) is 0 Å². The van der Waals surface area contributed by atoms with E-state index < -0.39 is 97.5 Å². The SMILES string of the molecule is CC(C)CCCCCCCCCCCCCCCCCCCCC(=O)O[C@H](COC(=O)CCCCCCCCC(C)C)COP(=O)(O)OCC(O)COP(=O)(O)OC[C@@H](COC(=O)CCCCCCCCCCCCCCC(C)C)OC(=O)CCCCCCCCCCCCCCC(C)C. The highest BCUT2D eigenvalue weighted by molar-refractivity contribution is 7.47. The molecule has 594 valence electrons. The van der Waals surface area contributed by atoms with E-state index in [2.05, 4.69) is 55.4 Å². The third kappa shape index (κ3) is 74.3. The second-order valence-corrected chi connectivity index (χ2v) is 34.0. The Morgan fingerprint density at radius 2 is 0.420 bits per heavy atom. The van der Waals surface area contributed by atoms with Crippen molar-refractivity contribution in [1.82, 2.24) is 0 Å². The number of hydrogen-bond acceptors (Lipinski definition) is 15. The largest absolute Gasteiger partial charge is 0.472 e. The number of carbonyl (C=O) groups excluding carboxylic acids is 4. The Labute approximate surface area is 613 Å². The Morgan fingerprint density at radius 3 is 0.620 bits per heavy atom. The van der Waals surface area contributed by atoms with Crippen molar-refractivity contribution in [1.29, 1.82) is 0 Å². The van der Waals surface area contributed by atoms with Crippen molar-refractivity contribution in [2.75, 3.05) is 39.6 Å². The van der Waals surface area contributed by atoms with Crippen LogP contribution in [0.2, 0.25) is 0 Å². The van der Waals surface area contributed by atoms with Crippen LogP contribution in [0, 0.1) is 23.7 Å². The molecule has 0 radical (unpaired) electrons. The normalized spacial score (nSPS) is 14.0. The summed E-state index contributed by atoms with van der Waals surface area (Å²) in [5.41, 5.74) is 0. The van der Waals surface area contributed by atoms with E-state index in [0.717, 1.165) is 114 Å². The van der Waals surface area contributed by atoms with Gasteiger partial charge >= 0.3 is 39.5 Å². The van der Waals surface area contributed by atoms with Crippen LogP contribution in [0.5, 0.6) is 0 Å². The second kappa shape index (κ2) is 70.1. The van der Waals surface area contributed by atoms with E-state index in [0.29, 0.717) is 31.6 Å². The van der Waals surface area contributed by atoms with E-state index in [9.17, 15) is 43.2 Å². The van der Waals surface area contributed by atoms with Crippen molar-refractivity contribution in [3.8, 4) is 0 Å². The molecule has 0 saturated heterocycles. The molecule has 3 unspecified atom stereocenters. The van der Waals surface area contributed by atoms with Gasteiger partial charge in [-0.25, -0.2) is 9.13 Å². The van der Waals surface area contributed by atoms with Crippen LogP contribution in [0.1, 0.15) is 415 Å². The molecule has 0 saturated carbocycles. The van der Waals surface area contributed by atoms with Gasteiger partial charge in [0.15, 0.2) is 12.2 Å². The van der Waals surface area contributed by atoms with Crippen molar-refractivity contribution in [3.63, 3.8) is 0 Å². The minimum Gasteiger partial charge on any atom is -0.462 e. The summed E-state index contributed by atoms with van der Waals surface area (Å²) in [6.07, 6.45) is 57.1. The average Bonchev–Trinajstić information content (AvgIpc) is 0.942. The third-order valence-electron chi connectivity index (χ3n) is 18.8. The molecular formula is C81H158O17P2. The van der Waals surface area contributed by atoms with E-state index in [4.69, 9.17) is 37.0 Å². The van der Waals surface area contributed by atoms with E-state index in [1.54, 1.807) is 0 Å². The Hall–Kier alpha value is -1.94. The van der Waals surface area contributed by atoms with Gasteiger partial charge in [0.2, 0.25) is 0 Å². The van der Waals surface area contributed by atoms with Crippen LogP contribution in [0.25, 0.3) is 0 Å². The summed E-state index contributed by atoms with van der Waals surface area (Å²) in [4.78, 5) is 73.0. The average molecular weight is 1470 g/mol. The maximum atomic E-state index is 13.1. The fourth-order valence-electron chi connectivity index (χ4n) is 12.4. The number of phosphoric ester groups is 2. The van der Waals surface area contributed by atoms with E-state index in [1.807, 2.05) is 0 Å². The van der Waals surface area contributed by atoms with Gasteiger partial charge in [0.05, 0.1) is 26.4 Å². The van der Waals surface area contributed by atoms with Crippen LogP contribution in [-0.2, 0) is 65.4 Å². The van der Waals surface area contributed by atoms with Crippen molar-refractivity contribution < 1.29 is 80.2 Å². The van der Waals surface area contributed by atoms with Gasteiger partial charge in [-0.15, -0.1) is 0 Å². The Bertz CT molecular complexity index is 1950. The van der Waals surface area contributed by atoms with Crippen LogP contribution in [0.4, 0.5) is 0 Å². The number of aliphatic hydroxyl groups excluding tert-OH is 1. The molecule has 5 atom stereocenters. The van der Waals surface area contributed by atoms with Crippen molar-refractivity contribution in [2.45, 2.75) is 433 Å². The first-order chi connectivity index (χ1) is 48.1. The fraction of sp³-hybridized carbons (Fsp3) is 0.951. The van der Waals surface area contributed by atoms with Crippen LogP contribution >= 0.6 is 15.6 Å². The molecule has 0 aromatic rings. The predicted octanol–water partition coefficient (Wildman–Crippen LogP) is 24.0. The first-order valence-electron chi connectivity index (χ1n) is 41.7. The smallest absolute Gasteiger partial charge is 0.462 e. The Balaban J connectivity index is 5.19. The number of unbranched alkanes of at least 4 members (excludes halogenated alkanes) is 44. The minimum absolute atomic E-state index is 0.107. The summed E-state index contributed by atoms with van der Waals surface area (Å²) in [7, 11) is -9.92. The molecular weight excluding hydrogens is 1310 g/mol. The summed E-state index contributed by atoms with van der Waals surface area (Å²) in [5, 5.41) is 10.6. The van der Waals surface area contributed by atoms with Crippen LogP contribution < -0.4 is 0 Å².